The Hall–Kier alpha value is -1.90. The van der Waals surface area contributed by atoms with Crippen LogP contribution < -0.4 is 10.6 Å². The maximum absolute atomic E-state index is 4.65. The van der Waals surface area contributed by atoms with Crippen molar-refractivity contribution in [3.8, 4) is 5.69 Å². The van der Waals surface area contributed by atoms with Crippen LogP contribution in [0.4, 0.5) is 0 Å². The number of halogens is 1. The van der Waals surface area contributed by atoms with Crippen LogP contribution in [-0.4, -0.2) is 33.3 Å². The molecule has 0 spiro atoms. The van der Waals surface area contributed by atoms with Crippen molar-refractivity contribution in [1.29, 1.82) is 0 Å². The summed E-state index contributed by atoms with van der Waals surface area (Å²) in [6.45, 7) is 3.37. The Morgan fingerprint density at radius 2 is 2.00 bits per heavy atom. The number of hydrogen-bond acceptors (Lipinski definition) is 3. The SMILES string of the molecule is CCNC(=NCc1nncn1-c1ccccc1)NC1CC=CC1.I. The van der Waals surface area contributed by atoms with Gasteiger partial charge in [0.25, 0.3) is 0 Å². The Morgan fingerprint density at radius 3 is 2.71 bits per heavy atom. The predicted octanol–water partition coefficient (Wildman–Crippen LogP) is 2.66. The minimum absolute atomic E-state index is 0. The molecule has 1 aliphatic rings. The molecule has 0 saturated heterocycles. The molecule has 1 heterocycles. The van der Waals surface area contributed by atoms with E-state index in [9.17, 15) is 0 Å². The van der Waals surface area contributed by atoms with E-state index in [2.05, 4.69) is 44.9 Å². The average molecular weight is 438 g/mol. The standard InChI is InChI=1S/C17H22N6.HI/c1-2-18-17(21-14-8-6-7-9-14)19-12-16-22-20-13-23(16)15-10-4-3-5-11-15;/h3-7,10-11,13-14H,2,8-9,12H2,1H3,(H2,18,19,21);1H. The highest BCUT2D eigenvalue weighted by Crippen LogP contribution is 2.10. The Labute approximate surface area is 159 Å². The van der Waals surface area contributed by atoms with Gasteiger partial charge >= 0.3 is 0 Å². The van der Waals surface area contributed by atoms with Gasteiger partial charge in [-0.1, -0.05) is 30.4 Å². The van der Waals surface area contributed by atoms with E-state index in [-0.39, 0.29) is 24.0 Å². The van der Waals surface area contributed by atoms with Crippen LogP contribution in [0.1, 0.15) is 25.6 Å². The Bertz CT molecular complexity index is 671. The van der Waals surface area contributed by atoms with Gasteiger partial charge in [-0.15, -0.1) is 34.2 Å². The van der Waals surface area contributed by atoms with Crippen molar-refractivity contribution in [3.63, 3.8) is 0 Å². The molecule has 0 aliphatic heterocycles. The second-order valence-electron chi connectivity index (χ2n) is 5.43. The van der Waals surface area contributed by atoms with Gasteiger partial charge in [0.15, 0.2) is 11.8 Å². The van der Waals surface area contributed by atoms with Gasteiger partial charge in [0, 0.05) is 18.3 Å². The van der Waals surface area contributed by atoms with Gasteiger partial charge in [-0.3, -0.25) is 4.57 Å². The first kappa shape index (κ1) is 18.4. The fourth-order valence-electron chi connectivity index (χ4n) is 2.57. The molecule has 2 N–H and O–H groups in total. The van der Waals surface area contributed by atoms with E-state index >= 15 is 0 Å². The lowest BCUT2D eigenvalue weighted by Crippen LogP contribution is -2.42. The smallest absolute Gasteiger partial charge is 0.191 e. The molecule has 0 saturated carbocycles. The van der Waals surface area contributed by atoms with Crippen LogP contribution in [0, 0.1) is 0 Å². The Balaban J connectivity index is 0.00000208. The van der Waals surface area contributed by atoms with E-state index in [1.54, 1.807) is 6.33 Å². The molecule has 2 aromatic rings. The minimum Gasteiger partial charge on any atom is -0.357 e. The van der Waals surface area contributed by atoms with Gasteiger partial charge in [0.2, 0.25) is 0 Å². The lowest BCUT2D eigenvalue weighted by Gasteiger charge is -2.16. The molecule has 3 rings (SSSR count). The summed E-state index contributed by atoms with van der Waals surface area (Å²) < 4.78 is 1.96. The number of hydrogen-bond donors (Lipinski definition) is 2. The first-order valence-electron chi connectivity index (χ1n) is 8.01. The summed E-state index contributed by atoms with van der Waals surface area (Å²) in [7, 11) is 0. The van der Waals surface area contributed by atoms with Gasteiger partial charge in [-0.05, 0) is 31.9 Å². The summed E-state index contributed by atoms with van der Waals surface area (Å²) in [5, 5.41) is 15.0. The Morgan fingerprint density at radius 1 is 1.25 bits per heavy atom. The Kier molecular flexibility index (Phi) is 7.23. The molecular formula is C17H23IN6. The summed E-state index contributed by atoms with van der Waals surface area (Å²) >= 11 is 0. The number of nitrogens with zero attached hydrogens (tertiary/aromatic N) is 4. The second kappa shape index (κ2) is 9.41. The van der Waals surface area contributed by atoms with Crippen molar-refractivity contribution in [1.82, 2.24) is 25.4 Å². The highest BCUT2D eigenvalue weighted by Gasteiger charge is 2.12. The zero-order valence-corrected chi connectivity index (χ0v) is 16.1. The monoisotopic (exact) mass is 438 g/mol. The van der Waals surface area contributed by atoms with Crippen molar-refractivity contribution in [2.75, 3.05) is 6.54 Å². The summed E-state index contributed by atoms with van der Waals surface area (Å²) in [5.41, 5.74) is 1.04. The van der Waals surface area contributed by atoms with E-state index in [0.717, 1.165) is 36.9 Å². The molecule has 24 heavy (non-hydrogen) atoms. The predicted molar refractivity (Wildman–Crippen MR) is 107 cm³/mol. The number of guanidine groups is 1. The van der Waals surface area contributed by atoms with Gasteiger partial charge in [0.05, 0.1) is 0 Å². The molecule has 0 radical (unpaired) electrons. The van der Waals surface area contributed by atoms with Crippen LogP contribution in [0.25, 0.3) is 5.69 Å². The number of benzene rings is 1. The van der Waals surface area contributed by atoms with Crippen molar-refractivity contribution < 1.29 is 0 Å². The van der Waals surface area contributed by atoms with Crippen molar-refractivity contribution in [3.05, 3.63) is 54.6 Å². The summed E-state index contributed by atoms with van der Waals surface area (Å²) in [6.07, 6.45) is 8.22. The lowest BCUT2D eigenvalue weighted by molar-refractivity contribution is 0.632. The van der Waals surface area contributed by atoms with Gasteiger partial charge in [-0.2, -0.15) is 0 Å². The molecule has 0 bridgehead atoms. The third-order valence-electron chi connectivity index (χ3n) is 3.72. The number of aliphatic imine (C=N–C) groups is 1. The maximum atomic E-state index is 4.65. The zero-order valence-electron chi connectivity index (χ0n) is 13.7. The van der Waals surface area contributed by atoms with E-state index in [0.29, 0.717) is 12.6 Å². The van der Waals surface area contributed by atoms with Crippen molar-refractivity contribution in [2.24, 2.45) is 4.99 Å². The quantitative estimate of drug-likeness (QED) is 0.326. The van der Waals surface area contributed by atoms with Gasteiger partial charge in [0.1, 0.15) is 12.9 Å². The van der Waals surface area contributed by atoms with E-state index in [4.69, 9.17) is 0 Å². The van der Waals surface area contributed by atoms with Crippen LogP contribution in [0.2, 0.25) is 0 Å². The fraction of sp³-hybridized carbons (Fsp3) is 0.353. The molecule has 0 atom stereocenters. The van der Waals surface area contributed by atoms with E-state index < -0.39 is 0 Å². The summed E-state index contributed by atoms with van der Waals surface area (Å²) in [5.74, 6) is 1.64. The van der Waals surface area contributed by atoms with Gasteiger partial charge in [-0.25, -0.2) is 4.99 Å². The first-order valence-corrected chi connectivity index (χ1v) is 8.01. The molecule has 128 valence electrons. The van der Waals surface area contributed by atoms with Crippen LogP contribution in [-0.2, 0) is 6.54 Å². The topological polar surface area (TPSA) is 67.1 Å². The van der Waals surface area contributed by atoms with Crippen LogP contribution in [0.15, 0.2) is 53.8 Å². The largest absolute Gasteiger partial charge is 0.357 e. The van der Waals surface area contributed by atoms with E-state index in [1.165, 1.54) is 0 Å². The highest BCUT2D eigenvalue weighted by atomic mass is 127. The minimum atomic E-state index is 0. The number of rotatable bonds is 5. The van der Waals surface area contributed by atoms with Crippen LogP contribution in [0.3, 0.4) is 0 Å². The number of para-hydroxylation sites is 1. The third kappa shape index (κ3) is 4.80. The van der Waals surface area contributed by atoms with Crippen LogP contribution >= 0.6 is 24.0 Å². The fourth-order valence-corrected chi connectivity index (χ4v) is 2.57. The molecule has 6 nitrogen and oxygen atoms in total. The molecular weight excluding hydrogens is 415 g/mol. The molecule has 7 heteroatoms. The van der Waals surface area contributed by atoms with E-state index in [1.807, 2.05) is 34.9 Å². The molecule has 0 fully saturated rings. The molecule has 1 aliphatic carbocycles. The zero-order chi connectivity index (χ0) is 15.9. The van der Waals surface area contributed by atoms with Crippen molar-refractivity contribution >= 4 is 29.9 Å². The lowest BCUT2D eigenvalue weighted by atomic mass is 10.2. The molecule has 0 unspecified atom stereocenters. The normalized spacial score (nSPS) is 14.5. The maximum Gasteiger partial charge on any atom is 0.191 e. The molecule has 1 aromatic carbocycles. The average Bonchev–Trinajstić information content (AvgIpc) is 3.25. The summed E-state index contributed by atoms with van der Waals surface area (Å²) in [6, 6.07) is 10.5. The summed E-state index contributed by atoms with van der Waals surface area (Å²) in [4.78, 5) is 4.65. The third-order valence-corrected chi connectivity index (χ3v) is 3.72. The number of nitrogens with one attached hydrogen (secondary N) is 2. The highest BCUT2D eigenvalue weighted by molar-refractivity contribution is 14.0. The van der Waals surface area contributed by atoms with Gasteiger partial charge < -0.3 is 10.6 Å². The second-order valence-corrected chi connectivity index (χ2v) is 5.43. The van der Waals surface area contributed by atoms with Crippen molar-refractivity contribution in [2.45, 2.75) is 32.4 Å². The first-order chi connectivity index (χ1) is 11.4. The van der Waals surface area contributed by atoms with Crippen LogP contribution in [0.5, 0.6) is 0 Å². The molecule has 0 amide bonds. The molecule has 1 aromatic heterocycles. The number of aromatic nitrogens is 3.